The number of aryl methyl sites for hydroxylation is 1. The van der Waals surface area contributed by atoms with Crippen molar-refractivity contribution in [2.24, 2.45) is 0 Å². The predicted octanol–water partition coefficient (Wildman–Crippen LogP) is 2.22. The number of hydrogen-bond acceptors (Lipinski definition) is 2. The van der Waals surface area contributed by atoms with Crippen LogP contribution in [0.2, 0.25) is 0 Å². The van der Waals surface area contributed by atoms with Crippen molar-refractivity contribution >= 4 is 0 Å². The predicted molar refractivity (Wildman–Crippen MR) is 63.7 cm³/mol. The lowest BCUT2D eigenvalue weighted by Crippen LogP contribution is -2.27. The quantitative estimate of drug-likeness (QED) is 0.523. The van der Waals surface area contributed by atoms with Crippen LogP contribution >= 0.6 is 0 Å². The summed E-state index contributed by atoms with van der Waals surface area (Å²) >= 11 is 0. The number of hydrogen-bond donors (Lipinski definition) is 1. The fraction of sp³-hybridized carbons (Fsp3) is 0.583. The fourth-order valence-corrected chi connectivity index (χ4v) is 1.50. The zero-order valence-electron chi connectivity index (χ0n) is 9.52. The maximum absolute atomic E-state index is 4.01. The molecule has 1 N–H and O–H groups in total. The van der Waals surface area contributed by atoms with Gasteiger partial charge in [0.15, 0.2) is 0 Å². The molecule has 0 saturated carbocycles. The maximum Gasteiger partial charge on any atom is 0.0945 e. The summed E-state index contributed by atoms with van der Waals surface area (Å²) in [7, 11) is 0. The number of aromatic nitrogens is 2. The molecule has 1 atom stereocenters. The minimum Gasteiger partial charge on any atom is -0.337 e. The average molecular weight is 207 g/mol. The molecule has 1 aromatic rings. The van der Waals surface area contributed by atoms with Crippen molar-refractivity contribution in [2.45, 2.75) is 38.8 Å². The lowest BCUT2D eigenvalue weighted by molar-refractivity contribution is 0.492. The Morgan fingerprint density at radius 2 is 2.47 bits per heavy atom. The van der Waals surface area contributed by atoms with Crippen molar-refractivity contribution in [3.63, 3.8) is 0 Å². The van der Waals surface area contributed by atoms with E-state index in [0.717, 1.165) is 25.9 Å². The van der Waals surface area contributed by atoms with Gasteiger partial charge < -0.3 is 9.88 Å². The minimum atomic E-state index is 0.589. The van der Waals surface area contributed by atoms with E-state index in [9.17, 15) is 0 Å². The molecule has 3 nitrogen and oxygen atoms in total. The molecule has 1 aromatic heterocycles. The van der Waals surface area contributed by atoms with Gasteiger partial charge in [-0.05, 0) is 32.7 Å². The smallest absolute Gasteiger partial charge is 0.0945 e. The van der Waals surface area contributed by atoms with Gasteiger partial charge in [-0.1, -0.05) is 6.08 Å². The average Bonchev–Trinajstić information content (AvgIpc) is 2.74. The van der Waals surface area contributed by atoms with Gasteiger partial charge in [-0.15, -0.1) is 6.58 Å². The molecule has 0 radical (unpaired) electrons. The molecule has 0 bridgehead atoms. The molecule has 0 aliphatic rings. The van der Waals surface area contributed by atoms with Crippen molar-refractivity contribution in [3.8, 4) is 0 Å². The molecule has 0 aliphatic carbocycles. The van der Waals surface area contributed by atoms with Crippen molar-refractivity contribution < 1.29 is 0 Å². The number of nitrogens with one attached hydrogen (secondary N) is 1. The van der Waals surface area contributed by atoms with Gasteiger partial charge in [0.25, 0.3) is 0 Å². The monoisotopic (exact) mass is 207 g/mol. The first-order chi connectivity index (χ1) is 7.33. The standard InChI is InChI=1S/C12H21N3/c1-3-4-6-12(2)14-7-5-9-15-10-8-13-11-15/h3,8,10-12,14H,1,4-7,9H2,2H3/t12-/m0/s1. The highest BCUT2D eigenvalue weighted by Crippen LogP contribution is 1.97. The summed E-state index contributed by atoms with van der Waals surface area (Å²) < 4.78 is 2.11. The molecule has 84 valence electrons. The second-order valence-corrected chi connectivity index (χ2v) is 3.88. The van der Waals surface area contributed by atoms with Crippen molar-refractivity contribution in [1.29, 1.82) is 0 Å². The number of imidazole rings is 1. The Balaban J connectivity index is 1.99. The fourth-order valence-electron chi connectivity index (χ4n) is 1.50. The topological polar surface area (TPSA) is 29.9 Å². The molecule has 0 spiro atoms. The maximum atomic E-state index is 4.01. The molecule has 1 heterocycles. The van der Waals surface area contributed by atoms with E-state index in [1.165, 1.54) is 6.42 Å². The first-order valence-electron chi connectivity index (χ1n) is 5.63. The lowest BCUT2D eigenvalue weighted by Gasteiger charge is -2.12. The zero-order valence-corrected chi connectivity index (χ0v) is 9.52. The van der Waals surface area contributed by atoms with Crippen LogP contribution < -0.4 is 5.32 Å². The van der Waals surface area contributed by atoms with E-state index < -0.39 is 0 Å². The van der Waals surface area contributed by atoms with E-state index in [0.29, 0.717) is 6.04 Å². The van der Waals surface area contributed by atoms with E-state index in [1.54, 1.807) is 0 Å². The van der Waals surface area contributed by atoms with Gasteiger partial charge in [-0.3, -0.25) is 0 Å². The molecule has 0 saturated heterocycles. The molecule has 1 rings (SSSR count). The van der Waals surface area contributed by atoms with Gasteiger partial charge in [0.05, 0.1) is 6.33 Å². The van der Waals surface area contributed by atoms with E-state index in [1.807, 2.05) is 24.8 Å². The second-order valence-electron chi connectivity index (χ2n) is 3.88. The molecular weight excluding hydrogens is 186 g/mol. The van der Waals surface area contributed by atoms with E-state index >= 15 is 0 Å². The minimum absolute atomic E-state index is 0.589. The number of rotatable bonds is 8. The summed E-state index contributed by atoms with van der Waals surface area (Å²) in [6.45, 7) is 8.06. The summed E-state index contributed by atoms with van der Waals surface area (Å²) in [5.74, 6) is 0. The van der Waals surface area contributed by atoms with Gasteiger partial charge in [-0.25, -0.2) is 4.98 Å². The Bertz CT molecular complexity index is 254. The SMILES string of the molecule is C=CCC[C@H](C)NCCCn1ccnc1. The molecule has 3 heteroatoms. The molecular formula is C12H21N3. The molecule has 0 aromatic carbocycles. The largest absolute Gasteiger partial charge is 0.337 e. The van der Waals surface area contributed by atoms with Crippen LogP contribution in [0.1, 0.15) is 26.2 Å². The van der Waals surface area contributed by atoms with Crippen LogP contribution in [0.5, 0.6) is 0 Å². The normalized spacial score (nSPS) is 12.6. The third-order valence-electron chi connectivity index (χ3n) is 2.45. The Labute approximate surface area is 92.2 Å². The van der Waals surface area contributed by atoms with Crippen molar-refractivity contribution in [1.82, 2.24) is 14.9 Å². The van der Waals surface area contributed by atoms with Crippen molar-refractivity contribution in [2.75, 3.05) is 6.54 Å². The Morgan fingerprint density at radius 3 is 3.13 bits per heavy atom. The molecule has 0 unspecified atom stereocenters. The van der Waals surface area contributed by atoms with Gasteiger partial charge in [0.2, 0.25) is 0 Å². The first-order valence-corrected chi connectivity index (χ1v) is 5.63. The van der Waals surface area contributed by atoms with Gasteiger partial charge in [0.1, 0.15) is 0 Å². The van der Waals surface area contributed by atoms with Crippen LogP contribution in [-0.2, 0) is 6.54 Å². The van der Waals surface area contributed by atoms with Crippen LogP contribution in [-0.4, -0.2) is 22.1 Å². The Morgan fingerprint density at radius 1 is 1.60 bits per heavy atom. The van der Waals surface area contributed by atoms with Crippen LogP contribution in [0, 0.1) is 0 Å². The summed E-state index contributed by atoms with van der Waals surface area (Å²) in [6, 6.07) is 0.589. The highest BCUT2D eigenvalue weighted by molar-refractivity contribution is 4.74. The third-order valence-corrected chi connectivity index (χ3v) is 2.45. The summed E-state index contributed by atoms with van der Waals surface area (Å²) in [5.41, 5.74) is 0. The summed E-state index contributed by atoms with van der Waals surface area (Å²) in [4.78, 5) is 4.01. The van der Waals surface area contributed by atoms with E-state index in [4.69, 9.17) is 0 Å². The van der Waals surface area contributed by atoms with Crippen LogP contribution in [0.4, 0.5) is 0 Å². The van der Waals surface area contributed by atoms with Gasteiger partial charge in [-0.2, -0.15) is 0 Å². The van der Waals surface area contributed by atoms with Gasteiger partial charge >= 0.3 is 0 Å². The highest BCUT2D eigenvalue weighted by atomic mass is 15.0. The lowest BCUT2D eigenvalue weighted by atomic mass is 10.2. The first kappa shape index (κ1) is 12.0. The summed E-state index contributed by atoms with van der Waals surface area (Å²) in [6.07, 6.45) is 11.1. The Kier molecular flexibility index (Phi) is 5.78. The van der Waals surface area contributed by atoms with Crippen LogP contribution in [0.3, 0.4) is 0 Å². The van der Waals surface area contributed by atoms with Crippen LogP contribution in [0.25, 0.3) is 0 Å². The number of allylic oxidation sites excluding steroid dienone is 1. The van der Waals surface area contributed by atoms with E-state index in [-0.39, 0.29) is 0 Å². The van der Waals surface area contributed by atoms with Gasteiger partial charge in [0, 0.05) is 25.0 Å². The van der Waals surface area contributed by atoms with E-state index in [2.05, 4.69) is 28.4 Å². The molecule has 0 fully saturated rings. The molecule has 15 heavy (non-hydrogen) atoms. The molecule has 0 amide bonds. The van der Waals surface area contributed by atoms with Crippen LogP contribution in [0.15, 0.2) is 31.4 Å². The summed E-state index contributed by atoms with van der Waals surface area (Å²) in [5, 5.41) is 3.50. The molecule has 0 aliphatic heterocycles. The second kappa shape index (κ2) is 7.23. The number of nitrogens with zero attached hydrogens (tertiary/aromatic N) is 2. The Hall–Kier alpha value is -1.09. The van der Waals surface area contributed by atoms with Crippen molar-refractivity contribution in [3.05, 3.63) is 31.4 Å². The zero-order chi connectivity index (χ0) is 10.9. The highest BCUT2D eigenvalue weighted by Gasteiger charge is 1.98. The third kappa shape index (κ3) is 5.37.